The molecule has 0 saturated carbocycles. The van der Waals surface area contributed by atoms with Gasteiger partial charge in [-0.25, -0.2) is 4.79 Å². The van der Waals surface area contributed by atoms with Crippen LogP contribution in [0, 0.1) is 0 Å². The minimum atomic E-state index is -0.407. The van der Waals surface area contributed by atoms with E-state index in [4.69, 9.17) is 13.9 Å². The summed E-state index contributed by atoms with van der Waals surface area (Å²) in [4.78, 5) is 12.1. The molecule has 0 atom stereocenters. The van der Waals surface area contributed by atoms with Crippen LogP contribution in [0.15, 0.2) is 22.8 Å². The lowest BCUT2D eigenvalue weighted by Gasteiger charge is -2.24. The number of rotatable bonds is 4. The van der Waals surface area contributed by atoms with Gasteiger partial charge in [-0.1, -0.05) is 6.92 Å². The number of carbonyl (C=O) groups excluding carboxylic acids is 1. The Kier molecular flexibility index (Phi) is 4.29. The molecular weight excluding hydrogens is 284 g/mol. The fourth-order valence-corrected chi connectivity index (χ4v) is 2.93. The molecule has 3 heterocycles. The monoisotopic (exact) mass is 304 g/mol. The van der Waals surface area contributed by atoms with Crippen molar-refractivity contribution in [2.24, 2.45) is 0 Å². The summed E-state index contributed by atoms with van der Waals surface area (Å²) in [5.74, 6) is 0.321. The highest BCUT2D eigenvalue weighted by Gasteiger charge is 2.29. The molecular formula is C16H20N2O4. The van der Waals surface area contributed by atoms with Gasteiger partial charge in [0.25, 0.3) is 0 Å². The molecule has 6 heteroatoms. The SMILES string of the molecule is CCc1c(C(=O)OC)nn(C2CCOCC2)c1-c1ccco1. The van der Waals surface area contributed by atoms with Crippen molar-refractivity contribution < 1.29 is 18.7 Å². The summed E-state index contributed by atoms with van der Waals surface area (Å²) in [7, 11) is 1.38. The van der Waals surface area contributed by atoms with E-state index in [1.807, 2.05) is 23.7 Å². The highest BCUT2D eigenvalue weighted by molar-refractivity contribution is 5.91. The number of hydrogen-bond acceptors (Lipinski definition) is 5. The van der Waals surface area contributed by atoms with E-state index < -0.39 is 5.97 Å². The lowest BCUT2D eigenvalue weighted by Crippen LogP contribution is -2.21. The van der Waals surface area contributed by atoms with Crippen LogP contribution in [0.3, 0.4) is 0 Å². The fourth-order valence-electron chi connectivity index (χ4n) is 2.93. The molecule has 1 saturated heterocycles. The first-order valence-electron chi connectivity index (χ1n) is 7.57. The molecule has 2 aromatic rings. The summed E-state index contributed by atoms with van der Waals surface area (Å²) in [5.41, 5.74) is 2.12. The zero-order chi connectivity index (χ0) is 15.5. The lowest BCUT2D eigenvalue weighted by molar-refractivity contribution is 0.0582. The highest BCUT2D eigenvalue weighted by atomic mass is 16.5. The average molecular weight is 304 g/mol. The molecule has 3 rings (SSSR count). The Bertz CT molecular complexity index is 639. The van der Waals surface area contributed by atoms with Gasteiger partial charge in [-0.2, -0.15) is 5.10 Å². The van der Waals surface area contributed by atoms with Gasteiger partial charge in [0, 0.05) is 18.8 Å². The number of nitrogens with zero attached hydrogens (tertiary/aromatic N) is 2. The molecule has 0 aromatic carbocycles. The molecule has 1 fully saturated rings. The van der Waals surface area contributed by atoms with Gasteiger partial charge in [0.1, 0.15) is 5.69 Å². The number of aromatic nitrogens is 2. The summed E-state index contributed by atoms with van der Waals surface area (Å²) in [6, 6.07) is 3.94. The van der Waals surface area contributed by atoms with Gasteiger partial charge in [-0.15, -0.1) is 0 Å². The third-order valence-corrected chi connectivity index (χ3v) is 4.03. The average Bonchev–Trinajstić information content (AvgIpc) is 3.21. The Morgan fingerprint density at radius 1 is 1.45 bits per heavy atom. The minimum Gasteiger partial charge on any atom is -0.464 e. The van der Waals surface area contributed by atoms with Crippen LogP contribution in [-0.4, -0.2) is 36.1 Å². The maximum atomic E-state index is 12.1. The largest absolute Gasteiger partial charge is 0.464 e. The Hall–Kier alpha value is -2.08. The topological polar surface area (TPSA) is 66.5 Å². The quantitative estimate of drug-likeness (QED) is 0.813. The molecule has 0 aliphatic carbocycles. The molecule has 0 unspecified atom stereocenters. The van der Waals surface area contributed by atoms with Crippen molar-refractivity contribution in [3.8, 4) is 11.5 Å². The van der Waals surface area contributed by atoms with Crippen LogP contribution < -0.4 is 0 Å². The predicted molar refractivity (Wildman–Crippen MR) is 79.7 cm³/mol. The molecule has 6 nitrogen and oxygen atoms in total. The Balaban J connectivity index is 2.14. The van der Waals surface area contributed by atoms with Crippen LogP contribution in [0.25, 0.3) is 11.5 Å². The number of hydrogen-bond donors (Lipinski definition) is 0. The summed E-state index contributed by atoms with van der Waals surface area (Å²) in [5, 5.41) is 4.56. The van der Waals surface area contributed by atoms with Gasteiger partial charge in [0.05, 0.1) is 19.4 Å². The van der Waals surface area contributed by atoms with E-state index in [1.165, 1.54) is 7.11 Å². The molecule has 0 spiro atoms. The van der Waals surface area contributed by atoms with Crippen molar-refractivity contribution in [1.29, 1.82) is 0 Å². The number of carbonyl (C=O) groups is 1. The lowest BCUT2D eigenvalue weighted by atomic mass is 10.1. The number of ether oxygens (including phenoxy) is 2. The maximum absolute atomic E-state index is 12.1. The second-order valence-corrected chi connectivity index (χ2v) is 5.29. The molecule has 2 aromatic heterocycles. The maximum Gasteiger partial charge on any atom is 0.358 e. The smallest absolute Gasteiger partial charge is 0.358 e. The van der Waals surface area contributed by atoms with E-state index in [2.05, 4.69) is 5.10 Å². The molecule has 0 radical (unpaired) electrons. The van der Waals surface area contributed by atoms with Gasteiger partial charge >= 0.3 is 5.97 Å². The van der Waals surface area contributed by atoms with Crippen molar-refractivity contribution in [2.75, 3.05) is 20.3 Å². The van der Waals surface area contributed by atoms with E-state index in [-0.39, 0.29) is 6.04 Å². The predicted octanol–water partition coefficient (Wildman–Crippen LogP) is 2.84. The molecule has 22 heavy (non-hydrogen) atoms. The van der Waals surface area contributed by atoms with E-state index in [0.717, 1.165) is 29.9 Å². The van der Waals surface area contributed by atoms with Crippen LogP contribution in [-0.2, 0) is 15.9 Å². The highest BCUT2D eigenvalue weighted by Crippen LogP contribution is 2.33. The Morgan fingerprint density at radius 3 is 2.82 bits per heavy atom. The third kappa shape index (κ3) is 2.54. The van der Waals surface area contributed by atoms with Gasteiger partial charge in [0.15, 0.2) is 11.5 Å². The van der Waals surface area contributed by atoms with Gasteiger partial charge in [0.2, 0.25) is 0 Å². The minimum absolute atomic E-state index is 0.206. The fraction of sp³-hybridized carbons (Fsp3) is 0.500. The zero-order valence-corrected chi connectivity index (χ0v) is 12.9. The first-order valence-corrected chi connectivity index (χ1v) is 7.57. The summed E-state index contributed by atoms with van der Waals surface area (Å²) in [6.45, 7) is 3.42. The molecule has 1 aliphatic rings. The second kappa shape index (κ2) is 6.36. The van der Waals surface area contributed by atoms with Crippen LogP contribution in [0.1, 0.15) is 41.9 Å². The molecule has 0 bridgehead atoms. The van der Waals surface area contributed by atoms with Gasteiger partial charge in [-0.05, 0) is 31.4 Å². The third-order valence-electron chi connectivity index (χ3n) is 4.03. The molecule has 0 N–H and O–H groups in total. The van der Waals surface area contributed by atoms with Gasteiger partial charge < -0.3 is 13.9 Å². The van der Waals surface area contributed by atoms with Crippen LogP contribution in [0.5, 0.6) is 0 Å². The summed E-state index contributed by atoms with van der Waals surface area (Å²) in [6.07, 6.45) is 4.07. The van der Waals surface area contributed by atoms with E-state index >= 15 is 0 Å². The molecule has 0 amide bonds. The first-order chi connectivity index (χ1) is 10.8. The second-order valence-electron chi connectivity index (χ2n) is 5.29. The van der Waals surface area contributed by atoms with Gasteiger partial charge in [-0.3, -0.25) is 4.68 Å². The number of esters is 1. The van der Waals surface area contributed by atoms with Crippen LogP contribution in [0.4, 0.5) is 0 Å². The molecule has 118 valence electrons. The Morgan fingerprint density at radius 2 is 2.23 bits per heavy atom. The normalized spacial score (nSPS) is 15.9. The molecule has 1 aliphatic heterocycles. The van der Waals surface area contributed by atoms with Crippen LogP contribution >= 0.6 is 0 Å². The number of methoxy groups -OCH3 is 1. The van der Waals surface area contributed by atoms with Crippen molar-refractivity contribution in [1.82, 2.24) is 9.78 Å². The van der Waals surface area contributed by atoms with E-state index in [9.17, 15) is 4.79 Å². The first kappa shape index (κ1) is 14.8. The van der Waals surface area contributed by atoms with Crippen LogP contribution in [0.2, 0.25) is 0 Å². The van der Waals surface area contributed by atoms with Crippen molar-refractivity contribution in [3.63, 3.8) is 0 Å². The summed E-state index contributed by atoms with van der Waals surface area (Å²) >= 11 is 0. The number of furan rings is 1. The van der Waals surface area contributed by atoms with Crippen molar-refractivity contribution >= 4 is 5.97 Å². The Labute approximate surface area is 129 Å². The summed E-state index contributed by atoms with van der Waals surface area (Å²) < 4.78 is 17.8. The zero-order valence-electron chi connectivity index (χ0n) is 12.9. The van der Waals surface area contributed by atoms with Crippen molar-refractivity contribution in [3.05, 3.63) is 29.7 Å². The van der Waals surface area contributed by atoms with E-state index in [1.54, 1.807) is 6.26 Å². The van der Waals surface area contributed by atoms with Crippen molar-refractivity contribution in [2.45, 2.75) is 32.2 Å². The standard InChI is InChI=1S/C16H20N2O4/c1-3-12-14(16(19)20-2)17-18(11-6-9-21-10-7-11)15(12)13-5-4-8-22-13/h4-5,8,11H,3,6-7,9-10H2,1-2H3. The van der Waals surface area contributed by atoms with E-state index in [0.29, 0.717) is 25.3 Å².